The summed E-state index contributed by atoms with van der Waals surface area (Å²) in [6.45, 7) is 1.72. The molecule has 0 N–H and O–H groups in total. The van der Waals surface area contributed by atoms with E-state index >= 15 is 0 Å². The number of aromatic nitrogens is 2. The molecule has 0 aliphatic carbocycles. The number of carbonyl (C=O) groups excluding carboxylic acids is 1. The highest BCUT2D eigenvalue weighted by Crippen LogP contribution is 2.31. The van der Waals surface area contributed by atoms with Crippen LogP contribution in [0.25, 0.3) is 10.2 Å². The molecule has 0 saturated carbocycles. The molecular weight excluding hydrogens is 472 g/mol. The van der Waals surface area contributed by atoms with Crippen LogP contribution < -0.4 is 10.5 Å². The van der Waals surface area contributed by atoms with Gasteiger partial charge in [0.05, 0.1) is 28.6 Å². The molecule has 4 heterocycles. The van der Waals surface area contributed by atoms with Crippen LogP contribution >= 0.6 is 11.3 Å². The van der Waals surface area contributed by atoms with Gasteiger partial charge in [0.15, 0.2) is 0 Å². The molecule has 35 heavy (non-hydrogen) atoms. The lowest BCUT2D eigenvalue weighted by Crippen LogP contribution is -2.42. The molecule has 0 unspecified atom stereocenters. The number of rotatable bonds is 4. The average molecular weight is 498 g/mol. The molecular formula is C25H25F2N5O2S. The lowest BCUT2D eigenvalue weighted by molar-refractivity contribution is -0.0493. The number of fused-ring (bicyclic) bond motifs is 1. The van der Waals surface area contributed by atoms with Crippen LogP contribution in [0.5, 0.6) is 0 Å². The van der Waals surface area contributed by atoms with Crippen molar-refractivity contribution in [2.45, 2.75) is 44.6 Å². The molecule has 0 radical (unpaired) electrons. The lowest BCUT2D eigenvalue weighted by atomic mass is 10.1. The smallest absolute Gasteiger partial charge is 0.273 e. The quantitative estimate of drug-likeness (QED) is 0.539. The van der Waals surface area contributed by atoms with Crippen molar-refractivity contribution in [3.8, 4) is 6.07 Å². The Hall–Kier alpha value is -3.32. The highest BCUT2D eigenvalue weighted by atomic mass is 32.1. The summed E-state index contributed by atoms with van der Waals surface area (Å²) in [5, 5.41) is 9.53. The fourth-order valence-electron chi connectivity index (χ4n) is 4.71. The number of thiophene rings is 1. The summed E-state index contributed by atoms with van der Waals surface area (Å²) in [6, 6.07) is 10.9. The van der Waals surface area contributed by atoms with Crippen molar-refractivity contribution in [3.05, 3.63) is 56.7 Å². The summed E-state index contributed by atoms with van der Waals surface area (Å²) >= 11 is 1.06. The maximum atomic E-state index is 13.7. The number of amides is 1. The van der Waals surface area contributed by atoms with Crippen LogP contribution in [0.4, 0.5) is 14.7 Å². The summed E-state index contributed by atoms with van der Waals surface area (Å²) in [5.74, 6) is -2.55. The van der Waals surface area contributed by atoms with E-state index in [1.54, 1.807) is 22.8 Å². The normalized spacial score (nSPS) is 18.0. The Morgan fingerprint density at radius 1 is 1.11 bits per heavy atom. The molecule has 2 aliphatic heterocycles. The number of nitrogens with zero attached hydrogens (tertiary/aromatic N) is 5. The van der Waals surface area contributed by atoms with Crippen molar-refractivity contribution < 1.29 is 13.6 Å². The van der Waals surface area contributed by atoms with E-state index in [2.05, 4.69) is 11.0 Å². The lowest BCUT2D eigenvalue weighted by Gasteiger charge is -2.31. The maximum absolute atomic E-state index is 13.7. The Bertz CT molecular complexity index is 1360. The van der Waals surface area contributed by atoms with Crippen LogP contribution in [0.2, 0.25) is 0 Å². The molecule has 2 fully saturated rings. The number of likely N-dealkylation sites (tertiary alicyclic amines) is 1. The van der Waals surface area contributed by atoms with E-state index in [0.717, 1.165) is 49.3 Å². The number of halogens is 2. The summed E-state index contributed by atoms with van der Waals surface area (Å²) in [7, 11) is 0. The molecule has 5 rings (SSSR count). The van der Waals surface area contributed by atoms with Crippen LogP contribution in [0.1, 0.15) is 52.9 Å². The Morgan fingerprint density at radius 2 is 1.83 bits per heavy atom. The van der Waals surface area contributed by atoms with Crippen molar-refractivity contribution >= 4 is 33.4 Å². The van der Waals surface area contributed by atoms with Crippen molar-refractivity contribution in [3.63, 3.8) is 0 Å². The molecule has 0 bridgehead atoms. The second-order valence-electron chi connectivity index (χ2n) is 9.09. The highest BCUT2D eigenvalue weighted by Gasteiger charge is 2.36. The Kier molecular flexibility index (Phi) is 6.28. The second kappa shape index (κ2) is 9.38. The Morgan fingerprint density at radius 3 is 2.54 bits per heavy atom. The zero-order valence-corrected chi connectivity index (χ0v) is 20.0. The van der Waals surface area contributed by atoms with Gasteiger partial charge in [0, 0.05) is 39.0 Å². The minimum atomic E-state index is -2.74. The molecule has 1 amide bonds. The number of carbonyl (C=O) groups is 1. The van der Waals surface area contributed by atoms with Gasteiger partial charge in [-0.05, 0) is 37.0 Å². The second-order valence-corrected chi connectivity index (χ2v) is 10.1. The molecule has 7 nitrogen and oxygen atoms in total. The van der Waals surface area contributed by atoms with Gasteiger partial charge >= 0.3 is 0 Å². The standard InChI is InChI=1S/C25H25F2N5O2S/c26-25(27)8-12-30(13-9-25)22(33)20-14-19-21(35-20)23(34)32(16-18-7-3-2-6-17(18)15-28)24(29-19)31-10-4-1-5-11-31/h2-3,6-7,14H,1,4-5,8-13,16H2. The van der Waals surface area contributed by atoms with Gasteiger partial charge in [-0.1, -0.05) is 18.2 Å². The van der Waals surface area contributed by atoms with Gasteiger partial charge in [0.2, 0.25) is 5.95 Å². The number of nitriles is 1. The first-order valence-corrected chi connectivity index (χ1v) is 12.6. The predicted molar refractivity (Wildman–Crippen MR) is 130 cm³/mol. The summed E-state index contributed by atoms with van der Waals surface area (Å²) in [4.78, 5) is 35.4. The van der Waals surface area contributed by atoms with Crippen LogP contribution in [0.15, 0.2) is 35.1 Å². The third-order valence-electron chi connectivity index (χ3n) is 6.71. The minimum Gasteiger partial charge on any atom is -0.342 e. The van der Waals surface area contributed by atoms with Crippen LogP contribution in [0, 0.1) is 11.3 Å². The summed E-state index contributed by atoms with van der Waals surface area (Å²) < 4.78 is 29.0. The van der Waals surface area contributed by atoms with Gasteiger partial charge in [0.1, 0.15) is 4.70 Å². The first-order valence-electron chi connectivity index (χ1n) is 11.8. The van der Waals surface area contributed by atoms with Crippen LogP contribution in [-0.2, 0) is 6.54 Å². The maximum Gasteiger partial charge on any atom is 0.273 e. The largest absolute Gasteiger partial charge is 0.342 e. The zero-order chi connectivity index (χ0) is 24.6. The average Bonchev–Trinajstić information content (AvgIpc) is 3.31. The molecule has 1 aromatic carbocycles. The van der Waals surface area contributed by atoms with E-state index < -0.39 is 5.92 Å². The van der Waals surface area contributed by atoms with Gasteiger partial charge in [-0.25, -0.2) is 13.8 Å². The topological polar surface area (TPSA) is 82.2 Å². The molecule has 10 heteroatoms. The van der Waals surface area contributed by atoms with Crippen molar-refractivity contribution in [2.24, 2.45) is 0 Å². The molecule has 0 spiro atoms. The molecule has 2 aliphatic rings. The van der Waals surface area contributed by atoms with Crippen LogP contribution in [-0.4, -0.2) is 52.5 Å². The highest BCUT2D eigenvalue weighted by molar-refractivity contribution is 7.20. The molecule has 2 aromatic heterocycles. The van der Waals surface area contributed by atoms with Crippen molar-refractivity contribution in [1.29, 1.82) is 5.26 Å². The molecule has 182 valence electrons. The van der Waals surface area contributed by atoms with Gasteiger partial charge in [0.25, 0.3) is 17.4 Å². The number of alkyl halides is 2. The number of piperidine rings is 2. The fourth-order valence-corrected chi connectivity index (χ4v) is 5.73. The van der Waals surface area contributed by atoms with Gasteiger partial charge < -0.3 is 9.80 Å². The Labute approximate surface area is 205 Å². The van der Waals surface area contributed by atoms with E-state index in [1.165, 1.54) is 4.90 Å². The summed E-state index contributed by atoms with van der Waals surface area (Å²) in [6.07, 6.45) is 2.40. The monoisotopic (exact) mass is 497 g/mol. The molecule has 2 saturated heterocycles. The minimum absolute atomic E-state index is 0.0122. The van der Waals surface area contributed by atoms with E-state index in [0.29, 0.717) is 26.6 Å². The van der Waals surface area contributed by atoms with E-state index in [-0.39, 0.29) is 43.9 Å². The third kappa shape index (κ3) is 4.65. The number of hydrogen-bond donors (Lipinski definition) is 0. The van der Waals surface area contributed by atoms with E-state index in [9.17, 15) is 23.6 Å². The predicted octanol–water partition coefficient (Wildman–Crippen LogP) is 4.24. The first kappa shape index (κ1) is 23.4. The molecule has 3 aromatic rings. The van der Waals surface area contributed by atoms with Gasteiger partial charge in [-0.2, -0.15) is 5.26 Å². The summed E-state index contributed by atoms with van der Waals surface area (Å²) in [5.41, 5.74) is 1.39. The van der Waals surface area contributed by atoms with E-state index in [4.69, 9.17) is 4.98 Å². The third-order valence-corrected chi connectivity index (χ3v) is 7.81. The number of anilines is 1. The van der Waals surface area contributed by atoms with E-state index in [1.807, 2.05) is 12.1 Å². The fraction of sp³-hybridized carbons (Fsp3) is 0.440. The van der Waals surface area contributed by atoms with Crippen LogP contribution in [0.3, 0.4) is 0 Å². The van der Waals surface area contributed by atoms with Gasteiger partial charge in [-0.3, -0.25) is 14.2 Å². The SMILES string of the molecule is N#Cc1ccccc1Cn1c(N2CCCCC2)nc2cc(C(=O)N3CCC(F)(F)CC3)sc2c1=O. The zero-order valence-electron chi connectivity index (χ0n) is 19.2. The number of benzene rings is 1. The first-order chi connectivity index (χ1) is 16.9. The Balaban J connectivity index is 1.56. The van der Waals surface area contributed by atoms with Crippen molar-refractivity contribution in [1.82, 2.24) is 14.5 Å². The van der Waals surface area contributed by atoms with Crippen molar-refractivity contribution in [2.75, 3.05) is 31.1 Å². The van der Waals surface area contributed by atoms with Gasteiger partial charge in [-0.15, -0.1) is 11.3 Å². The molecule has 0 atom stereocenters. The number of hydrogen-bond acceptors (Lipinski definition) is 6.